The summed E-state index contributed by atoms with van der Waals surface area (Å²) in [6.07, 6.45) is 1.11. The number of hydrogen-bond donors (Lipinski definition) is 0. The van der Waals surface area contributed by atoms with E-state index in [1.165, 1.54) is 27.8 Å². The summed E-state index contributed by atoms with van der Waals surface area (Å²) < 4.78 is 6.50. The van der Waals surface area contributed by atoms with Crippen LogP contribution in [0.1, 0.15) is 46.8 Å². The first-order chi connectivity index (χ1) is 13.5. The molecule has 1 aliphatic rings. The molecule has 3 aromatic carbocycles. The van der Waals surface area contributed by atoms with Crippen LogP contribution in [-0.2, 0) is 6.42 Å². The summed E-state index contributed by atoms with van der Waals surface area (Å²) in [7, 11) is 4.28. The lowest BCUT2D eigenvalue weighted by atomic mass is 9.90. The summed E-state index contributed by atoms with van der Waals surface area (Å²) in [6.45, 7) is 4.45. The van der Waals surface area contributed by atoms with Crippen molar-refractivity contribution in [3.8, 4) is 5.75 Å². The molecule has 2 nitrogen and oxygen atoms in total. The van der Waals surface area contributed by atoms with Gasteiger partial charge in [0.05, 0.1) is 6.04 Å². The lowest BCUT2D eigenvalue weighted by Crippen LogP contribution is -2.34. The fraction of sp³-hybridized carbons (Fsp3) is 0.308. The Labute approximate surface area is 168 Å². The van der Waals surface area contributed by atoms with Gasteiger partial charge in [-0.25, -0.2) is 0 Å². The maximum absolute atomic E-state index is 6.50. The van der Waals surface area contributed by atoms with Gasteiger partial charge in [0.2, 0.25) is 0 Å². The molecule has 144 valence electrons. The number of ether oxygens (including phenoxy) is 1. The lowest BCUT2D eigenvalue weighted by Gasteiger charge is -2.27. The molecule has 0 aromatic heterocycles. The van der Waals surface area contributed by atoms with E-state index in [4.69, 9.17) is 4.74 Å². The molecule has 2 heteroatoms. The normalized spacial score (nSPS) is 19.5. The molecule has 0 fully saturated rings. The molecule has 1 aliphatic carbocycles. The highest BCUT2D eigenvalue weighted by atomic mass is 16.5. The fourth-order valence-corrected chi connectivity index (χ4v) is 4.37. The fourth-order valence-electron chi connectivity index (χ4n) is 4.37. The zero-order valence-electron chi connectivity index (χ0n) is 17.2. The third-order valence-corrected chi connectivity index (χ3v) is 6.10. The van der Waals surface area contributed by atoms with Crippen molar-refractivity contribution in [2.24, 2.45) is 0 Å². The molecule has 0 bridgehead atoms. The van der Waals surface area contributed by atoms with E-state index < -0.39 is 0 Å². The molecular formula is C26H29NO. The topological polar surface area (TPSA) is 12.5 Å². The number of fused-ring (bicyclic) bond motifs is 1. The Morgan fingerprint density at radius 1 is 0.893 bits per heavy atom. The molecule has 0 saturated carbocycles. The van der Waals surface area contributed by atoms with Gasteiger partial charge < -0.3 is 9.64 Å². The minimum absolute atomic E-state index is 0.0749. The second-order valence-electron chi connectivity index (χ2n) is 8.12. The Bertz CT molecular complexity index is 945. The zero-order chi connectivity index (χ0) is 19.7. The second kappa shape index (κ2) is 7.81. The lowest BCUT2D eigenvalue weighted by molar-refractivity contribution is 0.111. The van der Waals surface area contributed by atoms with Crippen LogP contribution >= 0.6 is 0 Å². The van der Waals surface area contributed by atoms with Gasteiger partial charge >= 0.3 is 0 Å². The highest BCUT2D eigenvalue weighted by Gasteiger charge is 2.35. The number of aryl methyl sites for hydroxylation is 1. The van der Waals surface area contributed by atoms with Crippen LogP contribution in [0.25, 0.3) is 0 Å². The van der Waals surface area contributed by atoms with Crippen molar-refractivity contribution in [1.82, 2.24) is 4.90 Å². The monoisotopic (exact) mass is 371 g/mol. The Balaban J connectivity index is 1.55. The Kier molecular flexibility index (Phi) is 5.23. The summed E-state index contributed by atoms with van der Waals surface area (Å²) in [5.74, 6) is 1.31. The van der Waals surface area contributed by atoms with Crippen LogP contribution in [0.2, 0.25) is 0 Å². The van der Waals surface area contributed by atoms with Crippen LogP contribution in [0.4, 0.5) is 0 Å². The van der Waals surface area contributed by atoms with Crippen LogP contribution in [0, 0.1) is 6.92 Å². The molecule has 0 saturated heterocycles. The highest BCUT2D eigenvalue weighted by molar-refractivity contribution is 5.40. The standard InChI is InChI=1S/C26H29NO/c1-18-9-5-7-11-23(18)19(2)20-13-15-22(16-14-20)28-26-24-12-8-6-10-21(24)17-25(26)27(3)4/h5-16,19,25-26H,17H2,1-4H3. The molecule has 0 spiro atoms. The van der Waals surface area contributed by atoms with Gasteiger partial charge in [-0.15, -0.1) is 0 Å². The number of benzene rings is 3. The van der Waals surface area contributed by atoms with Crippen molar-refractivity contribution in [3.05, 3.63) is 101 Å². The molecule has 0 heterocycles. The van der Waals surface area contributed by atoms with Crippen LogP contribution in [0.3, 0.4) is 0 Å². The van der Waals surface area contributed by atoms with E-state index in [0.29, 0.717) is 12.0 Å². The maximum Gasteiger partial charge on any atom is 0.140 e. The van der Waals surface area contributed by atoms with E-state index in [1.54, 1.807) is 0 Å². The van der Waals surface area contributed by atoms with Crippen molar-refractivity contribution in [3.63, 3.8) is 0 Å². The number of likely N-dealkylation sites (N-methyl/N-ethyl adjacent to an activating group) is 1. The van der Waals surface area contributed by atoms with Gasteiger partial charge in [-0.1, -0.05) is 67.6 Å². The van der Waals surface area contributed by atoms with Gasteiger partial charge in [-0.05, 0) is 67.4 Å². The predicted octanol–water partition coefficient (Wildman–Crippen LogP) is 5.75. The Hall–Kier alpha value is -2.58. The molecule has 4 rings (SSSR count). The summed E-state index contributed by atoms with van der Waals surface area (Å²) in [4.78, 5) is 2.28. The van der Waals surface area contributed by atoms with E-state index >= 15 is 0 Å². The third-order valence-electron chi connectivity index (χ3n) is 6.10. The van der Waals surface area contributed by atoms with E-state index in [9.17, 15) is 0 Å². The van der Waals surface area contributed by atoms with E-state index in [-0.39, 0.29) is 6.10 Å². The summed E-state index contributed by atoms with van der Waals surface area (Å²) in [5, 5.41) is 0. The van der Waals surface area contributed by atoms with Gasteiger partial charge in [0.1, 0.15) is 11.9 Å². The summed E-state index contributed by atoms with van der Waals surface area (Å²) in [6, 6.07) is 26.3. The van der Waals surface area contributed by atoms with Crippen LogP contribution in [0.15, 0.2) is 72.8 Å². The Morgan fingerprint density at radius 3 is 2.29 bits per heavy atom. The van der Waals surface area contributed by atoms with Gasteiger partial charge in [-0.3, -0.25) is 0 Å². The van der Waals surface area contributed by atoms with Crippen LogP contribution in [-0.4, -0.2) is 25.0 Å². The van der Waals surface area contributed by atoms with Crippen molar-refractivity contribution in [2.45, 2.75) is 38.3 Å². The minimum Gasteiger partial charge on any atom is -0.484 e. The van der Waals surface area contributed by atoms with Gasteiger partial charge in [0.25, 0.3) is 0 Å². The first kappa shape index (κ1) is 18.8. The molecule has 28 heavy (non-hydrogen) atoms. The largest absolute Gasteiger partial charge is 0.484 e. The molecule has 3 unspecified atom stereocenters. The second-order valence-corrected chi connectivity index (χ2v) is 8.12. The SMILES string of the molecule is Cc1ccccc1C(C)c1ccc(OC2c3ccccc3CC2N(C)C)cc1. The molecule has 0 amide bonds. The number of nitrogens with zero attached hydrogens (tertiary/aromatic N) is 1. The van der Waals surface area contributed by atoms with Crippen LogP contribution in [0.5, 0.6) is 5.75 Å². The first-order valence-electron chi connectivity index (χ1n) is 10.1. The van der Waals surface area contributed by atoms with Gasteiger partial charge in [0, 0.05) is 5.92 Å². The first-order valence-corrected chi connectivity index (χ1v) is 10.1. The van der Waals surface area contributed by atoms with Crippen LogP contribution < -0.4 is 4.74 Å². The average Bonchev–Trinajstić information content (AvgIpc) is 3.07. The highest BCUT2D eigenvalue weighted by Crippen LogP contribution is 2.37. The van der Waals surface area contributed by atoms with E-state index in [1.807, 2.05) is 0 Å². The molecule has 0 radical (unpaired) electrons. The third kappa shape index (κ3) is 3.57. The Morgan fingerprint density at radius 2 is 1.57 bits per heavy atom. The number of rotatable bonds is 5. The van der Waals surface area contributed by atoms with Crippen molar-refractivity contribution in [2.75, 3.05) is 14.1 Å². The molecular weight excluding hydrogens is 342 g/mol. The van der Waals surface area contributed by atoms with E-state index in [0.717, 1.165) is 12.2 Å². The average molecular weight is 372 g/mol. The summed E-state index contributed by atoms with van der Waals surface area (Å²) in [5.41, 5.74) is 6.76. The molecule has 0 aliphatic heterocycles. The smallest absolute Gasteiger partial charge is 0.140 e. The minimum atomic E-state index is 0.0749. The van der Waals surface area contributed by atoms with E-state index in [2.05, 4.69) is 106 Å². The molecule has 3 aromatic rings. The van der Waals surface area contributed by atoms with Crippen molar-refractivity contribution < 1.29 is 4.74 Å². The summed E-state index contributed by atoms with van der Waals surface area (Å²) >= 11 is 0. The van der Waals surface area contributed by atoms with Crippen molar-refractivity contribution in [1.29, 1.82) is 0 Å². The van der Waals surface area contributed by atoms with Gasteiger partial charge in [-0.2, -0.15) is 0 Å². The van der Waals surface area contributed by atoms with Crippen molar-refractivity contribution >= 4 is 0 Å². The zero-order valence-corrected chi connectivity index (χ0v) is 17.2. The quantitative estimate of drug-likeness (QED) is 0.566. The predicted molar refractivity (Wildman–Crippen MR) is 116 cm³/mol. The molecule has 0 N–H and O–H groups in total. The molecule has 3 atom stereocenters. The maximum atomic E-state index is 6.50. The van der Waals surface area contributed by atoms with Gasteiger partial charge in [0.15, 0.2) is 0 Å². The number of hydrogen-bond acceptors (Lipinski definition) is 2.